The number of hydrogen-bond acceptors (Lipinski definition) is 1. The molecule has 0 radical (unpaired) electrons. The van der Waals surface area contributed by atoms with Gasteiger partial charge in [-0.2, -0.15) is 0 Å². The fraction of sp³-hybridized carbons (Fsp3) is 0.357. The molecule has 0 aliphatic heterocycles. The zero-order valence-corrected chi connectivity index (χ0v) is 11.3. The van der Waals surface area contributed by atoms with Crippen molar-refractivity contribution >= 4 is 28.4 Å². The zero-order valence-electron chi connectivity index (χ0n) is 10.6. The molecule has 2 aromatic rings. The number of carbonyl (C=O) groups is 1. The van der Waals surface area contributed by atoms with Gasteiger partial charge in [-0.05, 0) is 24.1 Å². The number of hydrogen-bond donors (Lipinski definition) is 2. The summed E-state index contributed by atoms with van der Waals surface area (Å²) in [4.78, 5) is 14.6. The standard InChI is InChI=1S/C14H17ClN2O/c1-9(2)14(18)16-6-5-10-8-17-13-7-11(15)3-4-12(10)13/h3-4,7-9,17H,5-6H2,1-2H3,(H,16,18). The van der Waals surface area contributed by atoms with Crippen LogP contribution in [-0.4, -0.2) is 17.4 Å². The van der Waals surface area contributed by atoms with Crippen LogP contribution < -0.4 is 5.32 Å². The van der Waals surface area contributed by atoms with Crippen molar-refractivity contribution in [3.63, 3.8) is 0 Å². The molecule has 0 atom stereocenters. The van der Waals surface area contributed by atoms with E-state index in [1.165, 1.54) is 5.56 Å². The van der Waals surface area contributed by atoms with Crippen molar-refractivity contribution in [1.82, 2.24) is 10.3 Å². The Hall–Kier alpha value is -1.48. The molecule has 4 heteroatoms. The van der Waals surface area contributed by atoms with E-state index in [1.54, 1.807) is 0 Å². The molecule has 0 fully saturated rings. The highest BCUT2D eigenvalue weighted by Crippen LogP contribution is 2.22. The third-order valence-corrected chi connectivity index (χ3v) is 3.18. The summed E-state index contributed by atoms with van der Waals surface area (Å²) in [6.45, 7) is 4.44. The van der Waals surface area contributed by atoms with E-state index < -0.39 is 0 Å². The largest absolute Gasteiger partial charge is 0.361 e. The van der Waals surface area contributed by atoms with Crippen LogP contribution in [0, 0.1) is 5.92 Å². The number of fused-ring (bicyclic) bond motifs is 1. The number of aromatic amines is 1. The van der Waals surface area contributed by atoms with Gasteiger partial charge < -0.3 is 10.3 Å². The van der Waals surface area contributed by atoms with Gasteiger partial charge in [-0.3, -0.25) is 4.79 Å². The minimum atomic E-state index is 0.0341. The summed E-state index contributed by atoms with van der Waals surface area (Å²) in [5, 5.41) is 4.81. The highest BCUT2D eigenvalue weighted by Gasteiger charge is 2.07. The molecular formula is C14H17ClN2O. The average Bonchev–Trinajstić information content (AvgIpc) is 2.71. The van der Waals surface area contributed by atoms with Crippen LogP contribution in [-0.2, 0) is 11.2 Å². The van der Waals surface area contributed by atoms with Crippen molar-refractivity contribution in [1.29, 1.82) is 0 Å². The van der Waals surface area contributed by atoms with Crippen LogP contribution in [0.15, 0.2) is 24.4 Å². The van der Waals surface area contributed by atoms with Gasteiger partial charge in [0.1, 0.15) is 0 Å². The highest BCUT2D eigenvalue weighted by molar-refractivity contribution is 6.31. The third-order valence-electron chi connectivity index (χ3n) is 2.95. The molecule has 18 heavy (non-hydrogen) atoms. The number of carbonyl (C=O) groups excluding carboxylic acids is 1. The summed E-state index contributed by atoms with van der Waals surface area (Å²) >= 11 is 5.93. The first-order valence-corrected chi connectivity index (χ1v) is 6.49. The van der Waals surface area contributed by atoms with Crippen LogP contribution in [0.3, 0.4) is 0 Å². The fourth-order valence-electron chi connectivity index (χ4n) is 1.89. The fourth-order valence-corrected chi connectivity index (χ4v) is 2.06. The molecule has 0 aliphatic carbocycles. The number of halogens is 1. The van der Waals surface area contributed by atoms with Crippen LogP contribution in [0.25, 0.3) is 10.9 Å². The third kappa shape index (κ3) is 2.85. The minimum absolute atomic E-state index is 0.0341. The topological polar surface area (TPSA) is 44.9 Å². The summed E-state index contributed by atoms with van der Waals surface area (Å²) in [6, 6.07) is 5.80. The summed E-state index contributed by atoms with van der Waals surface area (Å²) in [5.41, 5.74) is 2.23. The van der Waals surface area contributed by atoms with Crippen LogP contribution in [0.5, 0.6) is 0 Å². The molecule has 3 nitrogen and oxygen atoms in total. The molecule has 96 valence electrons. The normalized spacial score (nSPS) is 11.1. The van der Waals surface area contributed by atoms with E-state index in [1.807, 2.05) is 38.2 Å². The molecule has 2 rings (SSSR count). The second-order valence-corrected chi connectivity index (χ2v) is 5.14. The van der Waals surface area contributed by atoms with Gasteiger partial charge in [0.2, 0.25) is 5.91 Å². The number of amides is 1. The van der Waals surface area contributed by atoms with Crippen molar-refractivity contribution in [3.8, 4) is 0 Å². The number of nitrogens with one attached hydrogen (secondary N) is 2. The van der Waals surface area contributed by atoms with Crippen LogP contribution in [0.2, 0.25) is 5.02 Å². The smallest absolute Gasteiger partial charge is 0.222 e. The predicted molar refractivity (Wildman–Crippen MR) is 74.9 cm³/mol. The molecule has 1 amide bonds. The zero-order chi connectivity index (χ0) is 13.1. The highest BCUT2D eigenvalue weighted by atomic mass is 35.5. The number of benzene rings is 1. The molecule has 1 aromatic carbocycles. The van der Waals surface area contributed by atoms with Gasteiger partial charge in [0.25, 0.3) is 0 Å². The summed E-state index contributed by atoms with van der Waals surface area (Å²) in [6.07, 6.45) is 2.79. The Morgan fingerprint density at radius 1 is 1.44 bits per heavy atom. The summed E-state index contributed by atoms with van der Waals surface area (Å²) in [7, 11) is 0. The monoisotopic (exact) mass is 264 g/mol. The van der Waals surface area contributed by atoms with E-state index >= 15 is 0 Å². The maximum atomic E-state index is 11.4. The second-order valence-electron chi connectivity index (χ2n) is 4.70. The predicted octanol–water partition coefficient (Wildman–Crippen LogP) is 3.14. The van der Waals surface area contributed by atoms with Crippen LogP contribution >= 0.6 is 11.6 Å². The minimum Gasteiger partial charge on any atom is -0.361 e. The Kier molecular flexibility index (Phi) is 3.92. The van der Waals surface area contributed by atoms with Crippen molar-refractivity contribution < 1.29 is 4.79 Å². The quantitative estimate of drug-likeness (QED) is 0.876. The lowest BCUT2D eigenvalue weighted by Crippen LogP contribution is -2.29. The summed E-state index contributed by atoms with van der Waals surface area (Å²) in [5.74, 6) is 0.129. The Bertz CT molecular complexity index is 560. The van der Waals surface area contributed by atoms with Gasteiger partial charge in [0.15, 0.2) is 0 Å². The molecule has 1 heterocycles. The van der Waals surface area contributed by atoms with Crippen molar-refractivity contribution in [3.05, 3.63) is 35.0 Å². The molecule has 0 saturated carbocycles. The SMILES string of the molecule is CC(C)C(=O)NCCc1c[nH]c2cc(Cl)ccc12. The van der Waals surface area contributed by atoms with Crippen molar-refractivity contribution in [2.24, 2.45) is 5.92 Å². The molecule has 0 unspecified atom stereocenters. The number of rotatable bonds is 4. The average molecular weight is 265 g/mol. The first kappa shape index (κ1) is 13.0. The van der Waals surface area contributed by atoms with Gasteiger partial charge in [0.05, 0.1) is 0 Å². The Balaban J connectivity index is 2.02. The second kappa shape index (κ2) is 5.44. The van der Waals surface area contributed by atoms with Crippen LogP contribution in [0.1, 0.15) is 19.4 Å². The first-order valence-electron chi connectivity index (χ1n) is 6.11. The Morgan fingerprint density at radius 2 is 2.22 bits per heavy atom. The van der Waals surface area contributed by atoms with E-state index in [9.17, 15) is 4.79 Å². The first-order chi connectivity index (χ1) is 8.58. The van der Waals surface area contributed by atoms with Gasteiger partial charge in [-0.15, -0.1) is 0 Å². The van der Waals surface area contributed by atoms with Crippen LogP contribution in [0.4, 0.5) is 0 Å². The van der Waals surface area contributed by atoms with Crippen molar-refractivity contribution in [2.45, 2.75) is 20.3 Å². The molecule has 0 bridgehead atoms. The molecule has 2 N–H and O–H groups in total. The molecule has 1 aromatic heterocycles. The van der Waals surface area contributed by atoms with Gasteiger partial charge in [0, 0.05) is 34.6 Å². The molecule has 0 saturated heterocycles. The lowest BCUT2D eigenvalue weighted by molar-refractivity contribution is -0.123. The molecular weight excluding hydrogens is 248 g/mol. The summed E-state index contributed by atoms with van der Waals surface area (Å²) < 4.78 is 0. The number of H-pyrrole nitrogens is 1. The van der Waals surface area contributed by atoms with E-state index in [0.717, 1.165) is 22.3 Å². The maximum Gasteiger partial charge on any atom is 0.222 e. The Morgan fingerprint density at radius 3 is 2.94 bits per heavy atom. The maximum absolute atomic E-state index is 11.4. The molecule has 0 spiro atoms. The molecule has 0 aliphatic rings. The van der Waals surface area contributed by atoms with E-state index in [0.29, 0.717) is 6.54 Å². The van der Waals surface area contributed by atoms with E-state index in [2.05, 4.69) is 10.3 Å². The lowest BCUT2D eigenvalue weighted by atomic mass is 10.1. The van der Waals surface area contributed by atoms with E-state index in [4.69, 9.17) is 11.6 Å². The van der Waals surface area contributed by atoms with Gasteiger partial charge >= 0.3 is 0 Å². The van der Waals surface area contributed by atoms with Gasteiger partial charge in [-0.1, -0.05) is 31.5 Å². The van der Waals surface area contributed by atoms with Gasteiger partial charge in [-0.25, -0.2) is 0 Å². The van der Waals surface area contributed by atoms with E-state index in [-0.39, 0.29) is 11.8 Å². The Labute approximate surface area is 112 Å². The lowest BCUT2D eigenvalue weighted by Gasteiger charge is -2.06. The number of aromatic nitrogens is 1. The van der Waals surface area contributed by atoms with Crippen molar-refractivity contribution in [2.75, 3.05) is 6.54 Å².